The highest BCUT2D eigenvalue weighted by Gasteiger charge is 2.22. The lowest BCUT2D eigenvalue weighted by Gasteiger charge is -2.28. The number of benzene rings is 3. The van der Waals surface area contributed by atoms with Crippen LogP contribution in [0.15, 0.2) is 85.1 Å². The summed E-state index contributed by atoms with van der Waals surface area (Å²) in [5, 5.41) is 11.3. The van der Waals surface area contributed by atoms with Gasteiger partial charge in [-0.1, -0.05) is 80.6 Å². The summed E-state index contributed by atoms with van der Waals surface area (Å²) in [6, 6.07) is 29.6. The van der Waals surface area contributed by atoms with E-state index in [2.05, 4.69) is 97.4 Å². The highest BCUT2D eigenvalue weighted by atomic mass is 15.2. The lowest BCUT2D eigenvalue weighted by atomic mass is 10.0. The summed E-state index contributed by atoms with van der Waals surface area (Å²) in [6.07, 6.45) is 1.86. The fourth-order valence-corrected chi connectivity index (χ4v) is 4.06. The van der Waals surface area contributed by atoms with Crippen LogP contribution >= 0.6 is 0 Å². The van der Waals surface area contributed by atoms with Gasteiger partial charge in [-0.2, -0.15) is 5.26 Å². The van der Waals surface area contributed by atoms with Gasteiger partial charge in [0.25, 0.3) is 0 Å². The van der Waals surface area contributed by atoms with Crippen LogP contribution < -0.4 is 0 Å². The van der Waals surface area contributed by atoms with E-state index in [1.807, 2.05) is 24.4 Å². The Bertz CT molecular complexity index is 1220. The van der Waals surface area contributed by atoms with Crippen LogP contribution in [0.5, 0.6) is 0 Å². The monoisotopic (exact) mass is 419 g/mol. The maximum Gasteiger partial charge on any atom is 0.125 e. The molecule has 32 heavy (non-hydrogen) atoms. The summed E-state index contributed by atoms with van der Waals surface area (Å²) in [5.74, 6) is 0.503. The van der Waals surface area contributed by atoms with E-state index >= 15 is 0 Å². The third-order valence-corrected chi connectivity index (χ3v) is 5.92. The second kappa shape index (κ2) is 9.77. The molecule has 0 aliphatic carbocycles. The molecular weight excluding hydrogens is 390 g/mol. The Morgan fingerprint density at radius 1 is 0.844 bits per heavy atom. The quantitative estimate of drug-likeness (QED) is 0.326. The topological polar surface area (TPSA) is 39.9 Å². The summed E-state index contributed by atoms with van der Waals surface area (Å²) in [5.41, 5.74) is 6.80. The zero-order valence-corrected chi connectivity index (χ0v) is 19.0. The van der Waals surface area contributed by atoms with Gasteiger partial charge in [-0.3, -0.25) is 9.88 Å². The Labute approximate surface area is 191 Å². The van der Waals surface area contributed by atoms with Crippen LogP contribution in [0.4, 0.5) is 0 Å². The van der Waals surface area contributed by atoms with Gasteiger partial charge in [0.1, 0.15) is 6.04 Å². The number of aromatic nitrogens is 1. The van der Waals surface area contributed by atoms with Gasteiger partial charge < -0.3 is 0 Å². The zero-order chi connectivity index (χ0) is 22.5. The molecule has 0 fully saturated rings. The number of rotatable bonds is 7. The van der Waals surface area contributed by atoms with E-state index in [0.717, 1.165) is 16.5 Å². The molecule has 4 aromatic rings. The molecule has 1 atom stereocenters. The van der Waals surface area contributed by atoms with Crippen LogP contribution in [0, 0.1) is 18.3 Å². The number of aryl methyl sites for hydroxylation is 1. The highest BCUT2D eigenvalue weighted by molar-refractivity contribution is 5.79. The molecule has 0 aliphatic rings. The van der Waals surface area contributed by atoms with Crippen LogP contribution in [-0.2, 0) is 13.1 Å². The molecule has 0 saturated carbocycles. The van der Waals surface area contributed by atoms with E-state index < -0.39 is 6.04 Å². The lowest BCUT2D eigenvalue weighted by Crippen LogP contribution is -2.27. The van der Waals surface area contributed by atoms with E-state index in [-0.39, 0.29) is 0 Å². The van der Waals surface area contributed by atoms with Gasteiger partial charge in [0.05, 0.1) is 11.6 Å². The van der Waals surface area contributed by atoms with E-state index in [9.17, 15) is 5.26 Å². The first kappa shape index (κ1) is 21.7. The number of nitriles is 1. The molecule has 0 saturated heterocycles. The highest BCUT2D eigenvalue weighted by Crippen LogP contribution is 2.27. The normalized spacial score (nSPS) is 12.2. The molecule has 4 rings (SSSR count). The van der Waals surface area contributed by atoms with Crippen molar-refractivity contribution in [2.75, 3.05) is 0 Å². The Morgan fingerprint density at radius 3 is 2.19 bits per heavy atom. The van der Waals surface area contributed by atoms with Gasteiger partial charge >= 0.3 is 0 Å². The molecule has 0 N–H and O–H groups in total. The summed E-state index contributed by atoms with van der Waals surface area (Å²) < 4.78 is 0. The maximum atomic E-state index is 10.2. The van der Waals surface area contributed by atoms with Crippen molar-refractivity contribution in [1.29, 1.82) is 5.26 Å². The molecule has 0 amide bonds. The average molecular weight is 420 g/mol. The molecular formula is C29H29N3. The van der Waals surface area contributed by atoms with Gasteiger partial charge in [0.15, 0.2) is 0 Å². The van der Waals surface area contributed by atoms with E-state index in [1.54, 1.807) is 0 Å². The van der Waals surface area contributed by atoms with E-state index in [4.69, 9.17) is 0 Å². The number of pyridine rings is 1. The van der Waals surface area contributed by atoms with Gasteiger partial charge in [-0.05, 0) is 47.2 Å². The largest absolute Gasteiger partial charge is 0.276 e. The molecule has 0 radical (unpaired) electrons. The van der Waals surface area contributed by atoms with Gasteiger partial charge in [-0.15, -0.1) is 0 Å². The molecule has 0 aliphatic heterocycles. The number of fused-ring (bicyclic) bond motifs is 1. The van der Waals surface area contributed by atoms with Crippen LogP contribution in [0.3, 0.4) is 0 Å². The molecule has 0 bridgehead atoms. The lowest BCUT2D eigenvalue weighted by molar-refractivity contribution is 0.217. The molecule has 3 aromatic carbocycles. The third-order valence-electron chi connectivity index (χ3n) is 5.92. The Kier molecular flexibility index (Phi) is 6.63. The van der Waals surface area contributed by atoms with Gasteiger partial charge in [-0.25, -0.2) is 0 Å². The Balaban J connectivity index is 1.68. The Hall–Kier alpha value is -3.48. The van der Waals surface area contributed by atoms with Crippen LogP contribution in [0.1, 0.15) is 53.6 Å². The van der Waals surface area contributed by atoms with Crippen molar-refractivity contribution in [1.82, 2.24) is 9.88 Å². The predicted octanol–water partition coefficient (Wildman–Crippen LogP) is 6.93. The molecule has 1 aromatic heterocycles. The minimum Gasteiger partial charge on any atom is -0.276 e. The minimum absolute atomic E-state index is 0.391. The minimum atomic E-state index is -0.391. The first-order chi connectivity index (χ1) is 15.5. The summed E-state index contributed by atoms with van der Waals surface area (Å²) in [7, 11) is 0. The van der Waals surface area contributed by atoms with Gasteiger partial charge in [0, 0.05) is 30.2 Å². The molecule has 1 heterocycles. The Morgan fingerprint density at radius 2 is 1.53 bits per heavy atom. The first-order valence-corrected chi connectivity index (χ1v) is 11.2. The van der Waals surface area contributed by atoms with Crippen LogP contribution in [0.25, 0.3) is 10.9 Å². The van der Waals surface area contributed by atoms with E-state index in [0.29, 0.717) is 19.0 Å². The summed E-state index contributed by atoms with van der Waals surface area (Å²) in [6.45, 7) is 7.86. The van der Waals surface area contributed by atoms with Crippen LogP contribution in [-0.4, -0.2) is 9.88 Å². The first-order valence-electron chi connectivity index (χ1n) is 11.2. The van der Waals surface area contributed by atoms with E-state index in [1.165, 1.54) is 22.3 Å². The molecule has 3 heteroatoms. The van der Waals surface area contributed by atoms with Crippen molar-refractivity contribution in [2.24, 2.45) is 0 Å². The van der Waals surface area contributed by atoms with Crippen LogP contribution in [0.2, 0.25) is 0 Å². The molecule has 0 spiro atoms. The van der Waals surface area contributed by atoms with Crippen molar-refractivity contribution in [3.8, 4) is 6.07 Å². The predicted molar refractivity (Wildman–Crippen MR) is 131 cm³/mol. The fourth-order valence-electron chi connectivity index (χ4n) is 4.06. The van der Waals surface area contributed by atoms with Crippen molar-refractivity contribution >= 4 is 10.9 Å². The maximum absolute atomic E-state index is 10.2. The smallest absolute Gasteiger partial charge is 0.125 e. The number of hydrogen-bond acceptors (Lipinski definition) is 3. The van der Waals surface area contributed by atoms with Crippen molar-refractivity contribution < 1.29 is 0 Å². The fraction of sp³-hybridized carbons (Fsp3) is 0.241. The molecule has 160 valence electrons. The second-order valence-electron chi connectivity index (χ2n) is 8.78. The SMILES string of the molecule is Cc1ccc2cc(C(C#N)N(Cc3ccccc3)Cc3ccc(C(C)C)cc3)cnc2c1. The second-order valence-corrected chi connectivity index (χ2v) is 8.78. The molecule has 3 nitrogen and oxygen atoms in total. The van der Waals surface area contributed by atoms with Gasteiger partial charge in [0.2, 0.25) is 0 Å². The summed E-state index contributed by atoms with van der Waals surface area (Å²) >= 11 is 0. The van der Waals surface area contributed by atoms with Crippen molar-refractivity contribution in [3.05, 3.63) is 113 Å². The molecule has 1 unspecified atom stereocenters. The standard InChI is InChI=1S/C29H29N3/c1-21(2)25-13-10-24(11-14-25)20-32(19-23-7-5-4-6-8-23)29(17-30)27-16-26-12-9-22(3)15-28(26)31-18-27/h4-16,18,21,29H,19-20H2,1-3H3. The van der Waals surface area contributed by atoms with Crippen molar-refractivity contribution in [2.45, 2.75) is 45.8 Å². The average Bonchev–Trinajstić information content (AvgIpc) is 2.80. The number of hydrogen-bond donors (Lipinski definition) is 0. The number of nitrogens with zero attached hydrogens (tertiary/aromatic N) is 3. The third kappa shape index (κ3) is 5.04. The summed E-state index contributed by atoms with van der Waals surface area (Å²) in [4.78, 5) is 6.89. The zero-order valence-electron chi connectivity index (χ0n) is 19.0. The van der Waals surface area contributed by atoms with Crippen molar-refractivity contribution in [3.63, 3.8) is 0 Å².